The first-order chi connectivity index (χ1) is 7.66. The van der Waals surface area contributed by atoms with Crippen LogP contribution in [0.1, 0.15) is 10.4 Å². The van der Waals surface area contributed by atoms with Gasteiger partial charge in [-0.2, -0.15) is 15.4 Å². The number of halogens is 1. The molecule has 2 aromatic rings. The maximum absolute atomic E-state index is 11.6. The van der Waals surface area contributed by atoms with Crippen molar-refractivity contribution in [3.05, 3.63) is 35.4 Å². The van der Waals surface area contributed by atoms with Crippen LogP contribution >= 0.6 is 11.6 Å². The highest BCUT2D eigenvalue weighted by Gasteiger charge is 2.07. The number of H-pyrrole nitrogens is 1. The van der Waals surface area contributed by atoms with Crippen molar-refractivity contribution in [1.29, 1.82) is 0 Å². The van der Waals surface area contributed by atoms with Crippen molar-refractivity contribution in [2.45, 2.75) is 0 Å². The largest absolute Gasteiger partial charge is 0.347 e. The minimum absolute atomic E-state index is 0.216. The Kier molecular flexibility index (Phi) is 2.87. The first kappa shape index (κ1) is 10.6. The highest BCUT2D eigenvalue weighted by atomic mass is 35.5. The van der Waals surface area contributed by atoms with Gasteiger partial charge in [0.1, 0.15) is 11.0 Å². The van der Waals surface area contributed by atoms with Crippen molar-refractivity contribution in [2.75, 3.05) is 6.54 Å². The highest BCUT2D eigenvalue weighted by molar-refractivity contribution is 6.29. The normalized spacial score (nSPS) is 10.3. The van der Waals surface area contributed by atoms with E-state index in [1.165, 1.54) is 0 Å². The van der Waals surface area contributed by atoms with Gasteiger partial charge in [-0.25, -0.2) is 0 Å². The fourth-order valence-corrected chi connectivity index (χ4v) is 1.33. The van der Waals surface area contributed by atoms with Gasteiger partial charge in [0.05, 0.1) is 6.54 Å². The number of nitrogens with zero attached hydrogens (tertiary/aromatic N) is 2. The molecule has 2 rings (SSSR count). The third-order valence-electron chi connectivity index (χ3n) is 2.02. The second-order valence-corrected chi connectivity index (χ2v) is 3.76. The van der Waals surface area contributed by atoms with E-state index >= 15 is 0 Å². The Bertz CT molecular complexity index is 548. The lowest BCUT2D eigenvalue weighted by molar-refractivity contribution is 0.0958. The van der Waals surface area contributed by atoms with Crippen LogP contribution < -0.4 is 5.32 Å². The van der Waals surface area contributed by atoms with Crippen LogP contribution in [0, 0.1) is 0 Å². The Morgan fingerprint density at radius 3 is 2.94 bits per heavy atom. The summed E-state index contributed by atoms with van der Waals surface area (Å²) in [6.45, 7) is 3.73. The van der Waals surface area contributed by atoms with Gasteiger partial charge in [0, 0.05) is 10.6 Å². The Hall–Kier alpha value is -1.88. The molecule has 0 radical (unpaired) electrons. The van der Waals surface area contributed by atoms with E-state index in [9.17, 15) is 4.79 Å². The number of aromatic nitrogens is 3. The number of nitrogens with one attached hydrogen (secondary N) is 2. The topological polar surface area (TPSA) is 70.7 Å². The first-order valence-electron chi connectivity index (χ1n) is 4.59. The molecule has 0 saturated carbocycles. The van der Waals surface area contributed by atoms with Crippen LogP contribution in [0.3, 0.4) is 0 Å². The van der Waals surface area contributed by atoms with Gasteiger partial charge in [-0.15, -0.1) is 0 Å². The summed E-state index contributed by atoms with van der Waals surface area (Å²) in [7, 11) is 0. The van der Waals surface area contributed by atoms with E-state index in [2.05, 4.69) is 27.3 Å². The number of fused-ring (bicyclic) bond motifs is 1. The minimum Gasteiger partial charge on any atom is -0.347 e. The summed E-state index contributed by atoms with van der Waals surface area (Å²) in [5, 5.41) is 13.3. The van der Waals surface area contributed by atoms with Crippen LogP contribution in [-0.4, -0.2) is 27.9 Å². The number of aromatic amines is 1. The lowest BCUT2D eigenvalue weighted by Crippen LogP contribution is -2.24. The molecule has 0 spiro atoms. The Balaban J connectivity index is 2.19. The molecule has 0 aliphatic rings. The van der Waals surface area contributed by atoms with Gasteiger partial charge in [0.2, 0.25) is 0 Å². The molecule has 1 amide bonds. The lowest BCUT2D eigenvalue weighted by atomic mass is 10.2. The summed E-state index contributed by atoms with van der Waals surface area (Å²) in [6, 6.07) is 5.06. The van der Waals surface area contributed by atoms with Crippen molar-refractivity contribution >= 4 is 28.5 Å². The van der Waals surface area contributed by atoms with Gasteiger partial charge in [0.25, 0.3) is 5.91 Å². The molecule has 0 saturated heterocycles. The SMILES string of the molecule is C=C(Cl)CNC(=O)c1ccc2n[nH]nc2c1. The van der Waals surface area contributed by atoms with E-state index in [1.54, 1.807) is 18.2 Å². The third kappa shape index (κ3) is 2.20. The van der Waals surface area contributed by atoms with Crippen LogP contribution in [-0.2, 0) is 0 Å². The monoisotopic (exact) mass is 236 g/mol. The predicted molar refractivity (Wildman–Crippen MR) is 61.2 cm³/mol. The molecule has 1 aromatic carbocycles. The number of benzene rings is 1. The van der Waals surface area contributed by atoms with Crippen LogP contribution in [0.25, 0.3) is 11.0 Å². The number of carbonyl (C=O) groups excluding carboxylic acids is 1. The zero-order valence-electron chi connectivity index (χ0n) is 8.33. The minimum atomic E-state index is -0.216. The average molecular weight is 237 g/mol. The smallest absolute Gasteiger partial charge is 0.251 e. The molecule has 1 aromatic heterocycles. The summed E-state index contributed by atoms with van der Waals surface area (Å²) < 4.78 is 0. The van der Waals surface area contributed by atoms with Gasteiger partial charge < -0.3 is 5.32 Å². The molecule has 0 unspecified atom stereocenters. The average Bonchev–Trinajstić information content (AvgIpc) is 2.72. The molecule has 1 heterocycles. The molecule has 6 heteroatoms. The maximum Gasteiger partial charge on any atom is 0.251 e. The first-order valence-corrected chi connectivity index (χ1v) is 4.96. The van der Waals surface area contributed by atoms with Crippen molar-refractivity contribution in [3.8, 4) is 0 Å². The van der Waals surface area contributed by atoms with Crippen molar-refractivity contribution in [3.63, 3.8) is 0 Å². The molecule has 82 valence electrons. The molecular weight excluding hydrogens is 228 g/mol. The van der Waals surface area contributed by atoms with Crippen LogP contribution in [0.2, 0.25) is 0 Å². The van der Waals surface area contributed by atoms with Crippen molar-refractivity contribution < 1.29 is 4.79 Å². The number of hydrogen-bond donors (Lipinski definition) is 2. The van der Waals surface area contributed by atoms with E-state index in [-0.39, 0.29) is 12.5 Å². The molecular formula is C10H9ClN4O. The summed E-state index contributed by atoms with van der Waals surface area (Å²) in [5.41, 5.74) is 1.88. The summed E-state index contributed by atoms with van der Waals surface area (Å²) in [4.78, 5) is 11.6. The van der Waals surface area contributed by atoms with Crippen molar-refractivity contribution in [2.24, 2.45) is 0 Å². The quantitative estimate of drug-likeness (QED) is 0.847. The van der Waals surface area contributed by atoms with Gasteiger partial charge in [-0.05, 0) is 18.2 Å². The van der Waals surface area contributed by atoms with E-state index in [0.717, 1.165) is 5.52 Å². The number of amides is 1. The molecule has 0 aliphatic heterocycles. The number of rotatable bonds is 3. The fraction of sp³-hybridized carbons (Fsp3) is 0.100. The lowest BCUT2D eigenvalue weighted by Gasteiger charge is -2.03. The maximum atomic E-state index is 11.6. The van der Waals surface area contributed by atoms with Gasteiger partial charge in [0.15, 0.2) is 0 Å². The van der Waals surface area contributed by atoms with Crippen LogP contribution in [0.15, 0.2) is 29.8 Å². The van der Waals surface area contributed by atoms with Crippen LogP contribution in [0.5, 0.6) is 0 Å². The number of hydrogen-bond acceptors (Lipinski definition) is 3. The summed E-state index contributed by atoms with van der Waals surface area (Å²) in [6.07, 6.45) is 0. The van der Waals surface area contributed by atoms with Gasteiger partial charge >= 0.3 is 0 Å². The Labute approximate surface area is 96.5 Å². The Morgan fingerprint density at radius 2 is 2.19 bits per heavy atom. The molecule has 16 heavy (non-hydrogen) atoms. The Morgan fingerprint density at radius 1 is 1.44 bits per heavy atom. The third-order valence-corrected chi connectivity index (χ3v) is 2.15. The second kappa shape index (κ2) is 4.32. The predicted octanol–water partition coefficient (Wildman–Crippen LogP) is 1.44. The zero-order chi connectivity index (χ0) is 11.5. The number of carbonyl (C=O) groups is 1. The summed E-state index contributed by atoms with van der Waals surface area (Å²) in [5.74, 6) is -0.216. The van der Waals surface area contributed by atoms with E-state index in [4.69, 9.17) is 11.6 Å². The fourth-order valence-electron chi connectivity index (χ4n) is 1.26. The van der Waals surface area contributed by atoms with E-state index in [0.29, 0.717) is 16.1 Å². The molecule has 0 fully saturated rings. The van der Waals surface area contributed by atoms with Crippen LogP contribution in [0.4, 0.5) is 0 Å². The molecule has 5 nitrogen and oxygen atoms in total. The summed E-state index contributed by atoms with van der Waals surface area (Å²) >= 11 is 5.55. The van der Waals surface area contributed by atoms with Gasteiger partial charge in [-0.1, -0.05) is 18.2 Å². The van der Waals surface area contributed by atoms with Gasteiger partial charge in [-0.3, -0.25) is 4.79 Å². The standard InChI is InChI=1S/C10H9ClN4O/c1-6(11)5-12-10(16)7-2-3-8-9(4-7)14-15-13-8/h2-4H,1,5H2,(H,12,16)(H,13,14,15). The van der Waals surface area contributed by atoms with E-state index in [1.807, 2.05) is 0 Å². The van der Waals surface area contributed by atoms with Crippen molar-refractivity contribution in [1.82, 2.24) is 20.7 Å². The highest BCUT2D eigenvalue weighted by Crippen LogP contribution is 2.10. The second-order valence-electron chi connectivity index (χ2n) is 3.23. The molecule has 0 aliphatic carbocycles. The zero-order valence-corrected chi connectivity index (χ0v) is 9.08. The molecule has 0 bridgehead atoms. The molecule has 2 N–H and O–H groups in total. The molecule has 0 atom stereocenters. The van der Waals surface area contributed by atoms with E-state index < -0.39 is 0 Å².